The number of nitro groups is 1. The van der Waals surface area contributed by atoms with Crippen molar-refractivity contribution in [3.63, 3.8) is 0 Å². The topological polar surface area (TPSA) is 103 Å². The molecule has 1 fully saturated rings. The molecule has 0 atom stereocenters. The number of nitrogens with one attached hydrogen (secondary N) is 1. The van der Waals surface area contributed by atoms with E-state index >= 15 is 0 Å². The fraction of sp³-hybridized carbons (Fsp3) is 0.185. The molecule has 1 heterocycles. The molecule has 3 aromatic rings. The number of carbonyl (C=O) groups excluding carboxylic acids is 1. The zero-order valence-electron chi connectivity index (χ0n) is 19.9. The van der Waals surface area contributed by atoms with Crippen LogP contribution in [0.3, 0.4) is 0 Å². The van der Waals surface area contributed by atoms with Crippen LogP contribution < -0.4 is 14.8 Å². The molecule has 1 aliphatic heterocycles. The molecule has 8 nitrogen and oxygen atoms in total. The average molecular weight is 504 g/mol. The van der Waals surface area contributed by atoms with Crippen LogP contribution in [0.25, 0.3) is 6.08 Å². The lowest BCUT2D eigenvalue weighted by Gasteiger charge is -2.13. The Morgan fingerprint density at radius 1 is 0.972 bits per heavy atom. The van der Waals surface area contributed by atoms with Gasteiger partial charge in [-0.15, -0.1) is 0 Å². The van der Waals surface area contributed by atoms with E-state index in [9.17, 15) is 14.9 Å². The minimum atomic E-state index is -0.438. The van der Waals surface area contributed by atoms with Crippen molar-refractivity contribution >= 4 is 40.3 Å². The fourth-order valence-corrected chi connectivity index (χ4v) is 4.27. The van der Waals surface area contributed by atoms with Crippen LogP contribution in [0.2, 0.25) is 0 Å². The molecule has 0 spiro atoms. The van der Waals surface area contributed by atoms with Gasteiger partial charge in [-0.25, -0.2) is 4.99 Å². The summed E-state index contributed by atoms with van der Waals surface area (Å²) < 4.78 is 11.7. The highest BCUT2D eigenvalue weighted by Gasteiger charge is 2.24. The Morgan fingerprint density at radius 2 is 1.69 bits per heavy atom. The third-order valence-electron chi connectivity index (χ3n) is 5.33. The summed E-state index contributed by atoms with van der Waals surface area (Å²) in [6.07, 6.45) is 2.74. The van der Waals surface area contributed by atoms with Gasteiger partial charge in [0.25, 0.3) is 11.6 Å². The molecule has 0 bridgehead atoms. The summed E-state index contributed by atoms with van der Waals surface area (Å²) in [7, 11) is 0. The fourth-order valence-electron chi connectivity index (χ4n) is 3.43. The first-order valence-electron chi connectivity index (χ1n) is 11.5. The van der Waals surface area contributed by atoms with Crippen LogP contribution in [0.4, 0.5) is 11.4 Å². The van der Waals surface area contributed by atoms with Crippen molar-refractivity contribution in [1.29, 1.82) is 0 Å². The van der Waals surface area contributed by atoms with Crippen LogP contribution in [0, 0.1) is 10.1 Å². The summed E-state index contributed by atoms with van der Waals surface area (Å²) in [5.74, 6) is 0.876. The van der Waals surface area contributed by atoms with Gasteiger partial charge >= 0.3 is 0 Å². The quantitative estimate of drug-likeness (QED) is 0.217. The van der Waals surface area contributed by atoms with Crippen molar-refractivity contribution in [3.8, 4) is 11.5 Å². The van der Waals surface area contributed by atoms with Crippen molar-refractivity contribution in [2.45, 2.75) is 26.9 Å². The molecule has 36 heavy (non-hydrogen) atoms. The molecule has 0 radical (unpaired) electrons. The molecule has 1 N–H and O–H groups in total. The molecule has 1 amide bonds. The van der Waals surface area contributed by atoms with Gasteiger partial charge in [-0.1, -0.05) is 25.1 Å². The van der Waals surface area contributed by atoms with Gasteiger partial charge in [0.15, 0.2) is 16.7 Å². The first-order chi connectivity index (χ1) is 17.4. The predicted octanol–water partition coefficient (Wildman–Crippen LogP) is 6.03. The van der Waals surface area contributed by atoms with Crippen molar-refractivity contribution < 1.29 is 19.2 Å². The lowest BCUT2D eigenvalue weighted by molar-refractivity contribution is -0.384. The third-order valence-corrected chi connectivity index (χ3v) is 6.24. The van der Waals surface area contributed by atoms with Gasteiger partial charge in [0.1, 0.15) is 6.61 Å². The molecule has 3 aromatic carbocycles. The molecular weight excluding hydrogens is 478 g/mol. The lowest BCUT2D eigenvalue weighted by atomic mass is 10.1. The largest absolute Gasteiger partial charge is 0.490 e. The number of rotatable bonds is 9. The van der Waals surface area contributed by atoms with E-state index in [2.05, 4.69) is 17.2 Å². The SMILES string of the molecule is CCOc1cc(/C=C2\SC(=Nc3ccc(CC)cc3)NC2=O)ccc1OCc1ccc([N+](=O)[O-])cc1. The normalized spacial score (nSPS) is 15.2. The Kier molecular flexibility index (Phi) is 8.02. The Balaban J connectivity index is 1.47. The van der Waals surface area contributed by atoms with Gasteiger partial charge in [-0.05, 0) is 84.3 Å². The standard InChI is InChI=1S/C27H25N3O5S/c1-3-18-5-10-21(11-6-18)28-27-29-26(31)25(36-27)16-20-9-14-23(24(15-20)34-4-2)35-17-19-7-12-22(13-8-19)30(32)33/h5-16H,3-4,17H2,1-2H3,(H,28,29,31)/b25-16-. The molecule has 1 aliphatic rings. The number of amidine groups is 1. The van der Waals surface area contributed by atoms with E-state index in [-0.39, 0.29) is 18.2 Å². The smallest absolute Gasteiger partial charge is 0.269 e. The number of thioether (sulfide) groups is 1. The molecule has 0 aromatic heterocycles. The van der Waals surface area contributed by atoms with Crippen LogP contribution in [-0.4, -0.2) is 22.6 Å². The highest BCUT2D eigenvalue weighted by atomic mass is 32.2. The summed E-state index contributed by atoms with van der Waals surface area (Å²) in [5.41, 5.74) is 3.62. The molecule has 1 saturated heterocycles. The maximum Gasteiger partial charge on any atom is 0.269 e. The molecule has 4 rings (SSSR count). The number of amides is 1. The van der Waals surface area contributed by atoms with E-state index in [0.29, 0.717) is 28.2 Å². The number of nitrogens with zero attached hydrogens (tertiary/aromatic N) is 2. The Labute approximate surface area is 213 Å². The van der Waals surface area contributed by atoms with Crippen LogP contribution in [0.1, 0.15) is 30.5 Å². The Bertz CT molecular complexity index is 1320. The van der Waals surface area contributed by atoms with Crippen LogP contribution >= 0.6 is 11.8 Å². The van der Waals surface area contributed by atoms with Crippen molar-refractivity contribution in [3.05, 3.63) is 98.4 Å². The lowest BCUT2D eigenvalue weighted by Crippen LogP contribution is -2.19. The molecule has 0 saturated carbocycles. The maximum absolute atomic E-state index is 12.5. The number of nitro benzene ring substituents is 1. The van der Waals surface area contributed by atoms with E-state index < -0.39 is 4.92 Å². The first-order valence-corrected chi connectivity index (χ1v) is 12.3. The first kappa shape index (κ1) is 25.0. The molecule has 9 heteroatoms. The van der Waals surface area contributed by atoms with Gasteiger partial charge in [0, 0.05) is 12.1 Å². The van der Waals surface area contributed by atoms with Crippen LogP contribution in [0.5, 0.6) is 11.5 Å². The highest BCUT2D eigenvalue weighted by molar-refractivity contribution is 8.18. The van der Waals surface area contributed by atoms with Crippen LogP contribution in [-0.2, 0) is 17.8 Å². The van der Waals surface area contributed by atoms with Gasteiger partial charge < -0.3 is 14.8 Å². The maximum atomic E-state index is 12.5. The van der Waals surface area contributed by atoms with Gasteiger partial charge in [-0.2, -0.15) is 0 Å². The number of aliphatic imine (C=N–C) groups is 1. The third kappa shape index (κ3) is 6.31. The molecule has 0 unspecified atom stereocenters. The zero-order valence-corrected chi connectivity index (χ0v) is 20.7. The number of carbonyl (C=O) groups is 1. The summed E-state index contributed by atoms with van der Waals surface area (Å²) >= 11 is 1.28. The van der Waals surface area contributed by atoms with E-state index in [1.165, 1.54) is 29.5 Å². The second kappa shape index (κ2) is 11.5. The van der Waals surface area contributed by atoms with E-state index in [1.54, 1.807) is 24.3 Å². The minimum absolute atomic E-state index is 0.0302. The number of ether oxygens (including phenoxy) is 2. The van der Waals surface area contributed by atoms with Crippen molar-refractivity contribution in [2.75, 3.05) is 6.61 Å². The zero-order chi connectivity index (χ0) is 25.5. The Morgan fingerprint density at radius 3 is 2.36 bits per heavy atom. The van der Waals surface area contributed by atoms with Gasteiger partial charge in [0.05, 0.1) is 22.1 Å². The predicted molar refractivity (Wildman–Crippen MR) is 142 cm³/mol. The van der Waals surface area contributed by atoms with Crippen molar-refractivity contribution in [2.24, 2.45) is 4.99 Å². The number of non-ortho nitro benzene ring substituents is 1. The average Bonchev–Trinajstić information content (AvgIpc) is 3.22. The van der Waals surface area contributed by atoms with E-state index in [1.807, 2.05) is 43.3 Å². The number of hydrogen-bond donors (Lipinski definition) is 1. The second-order valence-electron chi connectivity index (χ2n) is 7.85. The van der Waals surface area contributed by atoms with Gasteiger partial charge in [-0.3, -0.25) is 14.9 Å². The number of hydrogen-bond acceptors (Lipinski definition) is 7. The summed E-state index contributed by atoms with van der Waals surface area (Å²) in [4.78, 5) is 28.0. The Hall–Kier alpha value is -4.11. The van der Waals surface area contributed by atoms with Crippen molar-refractivity contribution in [1.82, 2.24) is 5.32 Å². The number of aryl methyl sites for hydroxylation is 1. The minimum Gasteiger partial charge on any atom is -0.490 e. The monoisotopic (exact) mass is 503 g/mol. The molecule has 184 valence electrons. The molecule has 0 aliphatic carbocycles. The summed E-state index contributed by atoms with van der Waals surface area (Å²) in [6, 6.07) is 19.6. The summed E-state index contributed by atoms with van der Waals surface area (Å²) in [5, 5.41) is 14.2. The van der Waals surface area contributed by atoms with Gasteiger partial charge in [0.2, 0.25) is 0 Å². The highest BCUT2D eigenvalue weighted by Crippen LogP contribution is 2.33. The second-order valence-corrected chi connectivity index (χ2v) is 8.88. The summed E-state index contributed by atoms with van der Waals surface area (Å²) in [6.45, 7) is 4.65. The number of benzene rings is 3. The van der Waals surface area contributed by atoms with E-state index in [4.69, 9.17) is 9.47 Å². The van der Waals surface area contributed by atoms with E-state index in [0.717, 1.165) is 23.2 Å². The van der Waals surface area contributed by atoms with Crippen LogP contribution in [0.15, 0.2) is 76.6 Å². The molecular formula is C27H25N3O5S.